The lowest BCUT2D eigenvalue weighted by Gasteiger charge is -2.52. The van der Waals surface area contributed by atoms with Crippen LogP contribution in [0, 0.1) is 35.5 Å². The number of amides is 1. The van der Waals surface area contributed by atoms with E-state index in [9.17, 15) is 49.0 Å². The second-order valence-electron chi connectivity index (χ2n) is 24.8. The van der Waals surface area contributed by atoms with Crippen LogP contribution in [0.4, 0.5) is 5.95 Å². The number of aliphatic hydroxyl groups is 1. The van der Waals surface area contributed by atoms with Gasteiger partial charge in [-0.05, 0) is 75.6 Å². The number of carbonyl (C=O) groups excluding carboxylic acids is 3. The van der Waals surface area contributed by atoms with Gasteiger partial charge in [-0.15, -0.1) is 0 Å². The van der Waals surface area contributed by atoms with E-state index in [2.05, 4.69) is 31.3 Å². The molecule has 2 aliphatic rings. The summed E-state index contributed by atoms with van der Waals surface area (Å²) in [5, 5.41) is 35.3. The van der Waals surface area contributed by atoms with Crippen LogP contribution in [-0.2, 0) is 75.8 Å². The number of nitriles is 2. The van der Waals surface area contributed by atoms with Gasteiger partial charge in [0.25, 0.3) is 11.1 Å². The number of methoxy groups -OCH3 is 2. The molecule has 552 valence electrons. The molecule has 0 bridgehead atoms. The molecule has 3 aromatic carbocycles. The molecule has 8 rings (SSSR count). The van der Waals surface area contributed by atoms with Crippen LogP contribution in [0.2, 0.25) is 0 Å². The molecule has 0 aliphatic carbocycles. The molecule has 0 radical (unpaired) electrons. The van der Waals surface area contributed by atoms with Crippen LogP contribution in [-0.4, -0.2) is 197 Å². The first-order valence-electron chi connectivity index (χ1n) is 33.1. The van der Waals surface area contributed by atoms with Crippen LogP contribution in [0.5, 0.6) is 11.5 Å². The number of benzene rings is 3. The summed E-state index contributed by atoms with van der Waals surface area (Å²) in [5.74, 6) is -3.17. The second-order valence-corrected chi connectivity index (χ2v) is 28.3. The average Bonchev–Trinajstić information content (AvgIpc) is 0.780. The number of anilines is 1. The SMILES string of the molecule is COc1ccc(C(OC[C@]2(C(O)P(OCCC#N)N(C(C)C)C(C)C)CN(CCOCCOCCOP(=O)(OCCC#N)OC[C@H]3O[C@@H](n4cnc5c(=O)[nH]c(NC(=O)C(C)C)nc54)[C@H](OC(C)=O)[C@@H]3OC(C)=O)C[C@H](n3cc(C)c(=O)[nH]c3=O)O2)(c2ccccc2)c2ccc(OC)cc2)cc1. The third-order valence-electron chi connectivity index (χ3n) is 16.5. The predicted octanol–water partition coefficient (Wildman–Crippen LogP) is 6.71. The summed E-state index contributed by atoms with van der Waals surface area (Å²) in [7, 11) is -3.58. The fourth-order valence-corrected chi connectivity index (χ4v) is 15.3. The quantitative estimate of drug-likeness (QED) is 0.0135. The monoisotopic (exact) mass is 1460 g/mol. The Labute approximate surface area is 590 Å². The number of phosphoric acid groups is 1. The number of hydrogen-bond acceptors (Lipinski definition) is 27. The van der Waals surface area contributed by atoms with Gasteiger partial charge in [0.15, 0.2) is 35.8 Å². The Bertz CT molecular complexity index is 4030. The van der Waals surface area contributed by atoms with Gasteiger partial charge in [-0.2, -0.15) is 15.5 Å². The molecule has 6 aromatic rings. The van der Waals surface area contributed by atoms with E-state index in [-0.39, 0.29) is 113 Å². The number of H-pyrrole nitrogens is 2. The van der Waals surface area contributed by atoms with E-state index in [1.807, 2.05) is 122 Å². The fraction of sp³-hybridized carbons (Fsp3) is 0.529. The Morgan fingerprint density at radius 2 is 1.37 bits per heavy atom. The fourth-order valence-electron chi connectivity index (χ4n) is 11.8. The van der Waals surface area contributed by atoms with Gasteiger partial charge < -0.3 is 52.3 Å². The molecule has 0 saturated carbocycles. The minimum atomic E-state index is -4.62. The molecular weight excluding hydrogens is 1370 g/mol. The first-order chi connectivity index (χ1) is 48.8. The van der Waals surface area contributed by atoms with E-state index >= 15 is 0 Å². The minimum absolute atomic E-state index is 0.0105. The highest BCUT2D eigenvalue weighted by molar-refractivity contribution is 7.50. The maximum Gasteiger partial charge on any atom is 0.474 e. The van der Waals surface area contributed by atoms with Gasteiger partial charge in [0.05, 0.1) is 105 Å². The highest BCUT2D eigenvalue weighted by Gasteiger charge is 2.56. The number of aliphatic hydroxyl groups excluding tert-OH is 1. The Hall–Kier alpha value is -8.14. The molecule has 5 heterocycles. The summed E-state index contributed by atoms with van der Waals surface area (Å²) in [6.45, 7) is 13.1. The Kier molecular flexibility index (Phi) is 28.7. The van der Waals surface area contributed by atoms with E-state index in [4.69, 9.17) is 60.7 Å². The maximum absolute atomic E-state index is 14.3. The molecule has 0 spiro atoms. The predicted molar refractivity (Wildman–Crippen MR) is 369 cm³/mol. The van der Waals surface area contributed by atoms with Crippen LogP contribution in [0.3, 0.4) is 0 Å². The zero-order chi connectivity index (χ0) is 73.9. The van der Waals surface area contributed by atoms with Crippen molar-refractivity contribution in [2.75, 3.05) is 98.6 Å². The van der Waals surface area contributed by atoms with Crippen molar-refractivity contribution in [1.29, 1.82) is 10.5 Å². The maximum atomic E-state index is 14.3. The third kappa shape index (κ3) is 19.8. The lowest BCUT2D eigenvalue weighted by Crippen LogP contribution is -2.64. The van der Waals surface area contributed by atoms with E-state index in [0.717, 1.165) is 13.8 Å². The summed E-state index contributed by atoms with van der Waals surface area (Å²) < 4.78 is 98.2. The number of nitrogens with zero attached hydrogens (tertiary/aromatic N) is 8. The summed E-state index contributed by atoms with van der Waals surface area (Å²) >= 11 is 0. The molecule has 32 nitrogen and oxygen atoms in total. The van der Waals surface area contributed by atoms with Crippen LogP contribution in [0.25, 0.3) is 11.2 Å². The number of aromatic nitrogens is 6. The van der Waals surface area contributed by atoms with E-state index in [0.29, 0.717) is 28.2 Å². The number of aryl methyl sites for hydroxylation is 1. The number of imidazole rings is 1. The highest BCUT2D eigenvalue weighted by Crippen LogP contribution is 2.55. The number of rotatable bonds is 38. The summed E-state index contributed by atoms with van der Waals surface area (Å²) in [6.07, 6.45) is -4.48. The van der Waals surface area contributed by atoms with Gasteiger partial charge in [-0.1, -0.05) is 68.4 Å². The summed E-state index contributed by atoms with van der Waals surface area (Å²) in [4.78, 5) is 93.3. The number of aromatic amines is 2. The van der Waals surface area contributed by atoms with Crippen molar-refractivity contribution in [2.24, 2.45) is 5.92 Å². The number of esters is 2. The van der Waals surface area contributed by atoms with E-state index in [1.165, 1.54) is 21.7 Å². The molecule has 2 fully saturated rings. The normalized spacial score (nSPS) is 19.9. The lowest BCUT2D eigenvalue weighted by atomic mass is 9.79. The molecule has 3 unspecified atom stereocenters. The molecule has 2 saturated heterocycles. The van der Waals surface area contributed by atoms with Crippen molar-refractivity contribution in [3.8, 4) is 23.6 Å². The van der Waals surface area contributed by atoms with Gasteiger partial charge >= 0.3 is 25.5 Å². The molecule has 102 heavy (non-hydrogen) atoms. The number of morpholine rings is 1. The standard InChI is InChI=1S/C68H89N11O21P2/c1-43(2)60(82)73-65-72-59-56(62(84)74-65)71-42-78(59)63-58(98-48(9)81)57(97-47(8)80)54(99-63)39-96-102(87,94-31-16-28-70)95-36-35-91-34-33-90-32-29-76-38-55(77-37-46(7)61(83)75-66(77)86)100-67(40-76,64(85)101(93-30-15-27-69)79(44(3)4)45(5)6)41-92-68(49-17-13-12-14-18-49,50-19-23-52(88-10)24-20-50)51-21-25-53(89-11)26-22-51/h12-14,17-26,37,42-45,54-55,57-58,63-64,85H,15-16,29-36,38-41H2,1-11H3,(H,75,83,86)(H2,72,73,74,82,84)/t54-,55-,57-,58-,63-,64?,67+,101?,102?/m1/s1. The van der Waals surface area contributed by atoms with Gasteiger partial charge in [-0.3, -0.25) is 71.5 Å². The zero-order valence-corrected chi connectivity index (χ0v) is 60.6. The second kappa shape index (κ2) is 36.8. The number of phosphoric ester groups is 1. The van der Waals surface area contributed by atoms with Gasteiger partial charge in [0, 0.05) is 63.2 Å². The minimum Gasteiger partial charge on any atom is -0.497 e. The molecule has 3 aromatic heterocycles. The topological polar surface area (TPSA) is 393 Å². The van der Waals surface area contributed by atoms with Gasteiger partial charge in [0.1, 0.15) is 42.9 Å². The van der Waals surface area contributed by atoms with Crippen LogP contribution < -0.4 is 31.6 Å². The first kappa shape index (κ1) is 79.6. The van der Waals surface area contributed by atoms with Crippen molar-refractivity contribution < 1.29 is 84.8 Å². The largest absolute Gasteiger partial charge is 0.497 e. The van der Waals surface area contributed by atoms with Crippen LogP contribution >= 0.6 is 16.1 Å². The van der Waals surface area contributed by atoms with E-state index in [1.54, 1.807) is 35.0 Å². The molecule has 4 N–H and O–H groups in total. The molecule has 2 aliphatic heterocycles. The summed E-state index contributed by atoms with van der Waals surface area (Å²) in [6, 6.07) is 28.1. The summed E-state index contributed by atoms with van der Waals surface area (Å²) in [5.41, 5.74) is -3.38. The average molecular weight is 1460 g/mol. The zero-order valence-electron chi connectivity index (χ0n) is 58.8. The highest BCUT2D eigenvalue weighted by atomic mass is 31.2. The van der Waals surface area contributed by atoms with Crippen molar-refractivity contribution in [3.63, 3.8) is 0 Å². The molecular formula is C68H89N11O21P2. The van der Waals surface area contributed by atoms with Crippen molar-refractivity contribution in [1.82, 2.24) is 38.6 Å². The van der Waals surface area contributed by atoms with Gasteiger partial charge in [0.2, 0.25) is 11.9 Å². The first-order valence-corrected chi connectivity index (χ1v) is 35.8. The van der Waals surface area contributed by atoms with Crippen LogP contribution in [0.1, 0.15) is 103 Å². The number of hydrogen-bond donors (Lipinski definition) is 4. The van der Waals surface area contributed by atoms with Crippen molar-refractivity contribution in [2.45, 2.75) is 135 Å². The lowest BCUT2D eigenvalue weighted by molar-refractivity contribution is -0.240. The number of ether oxygens (including phenoxy) is 9. The number of nitrogens with one attached hydrogen (secondary N) is 3. The molecule has 34 heteroatoms. The third-order valence-corrected chi connectivity index (χ3v) is 20.6. The Balaban J connectivity index is 1.02. The van der Waals surface area contributed by atoms with E-state index < -0.39 is 118 Å². The molecule has 1 amide bonds. The van der Waals surface area contributed by atoms with Crippen LogP contribution in [0.15, 0.2) is 106 Å². The van der Waals surface area contributed by atoms with Gasteiger partial charge in [-0.25, -0.2) is 14.3 Å². The van der Waals surface area contributed by atoms with Crippen molar-refractivity contribution in [3.05, 3.63) is 145 Å². The Morgan fingerprint density at radius 1 is 0.784 bits per heavy atom. The molecule has 9 atom stereocenters. The number of fused-ring (bicyclic) bond motifs is 1. The number of carbonyl (C=O) groups is 3. The smallest absolute Gasteiger partial charge is 0.474 e. The van der Waals surface area contributed by atoms with Crippen molar-refractivity contribution >= 4 is 51.1 Å². The Morgan fingerprint density at radius 3 is 1.97 bits per heavy atom.